The van der Waals surface area contributed by atoms with Gasteiger partial charge in [-0.25, -0.2) is 0 Å². The van der Waals surface area contributed by atoms with Gasteiger partial charge in [0.1, 0.15) is 0 Å². The van der Waals surface area contributed by atoms with Crippen molar-refractivity contribution in [1.29, 1.82) is 0 Å². The fraction of sp³-hybridized carbons (Fsp3) is 0.647. The third kappa shape index (κ3) is 4.14. The van der Waals surface area contributed by atoms with Crippen molar-refractivity contribution >= 4 is 0 Å². The van der Waals surface area contributed by atoms with Gasteiger partial charge in [-0.05, 0) is 42.6 Å². The van der Waals surface area contributed by atoms with Crippen LogP contribution < -0.4 is 0 Å². The predicted octanol–water partition coefficient (Wildman–Crippen LogP) is 3.82. The zero-order chi connectivity index (χ0) is 14.4. The maximum Gasteiger partial charge on any atom is 0.157 e. The van der Waals surface area contributed by atoms with Crippen LogP contribution in [0.2, 0.25) is 0 Å². The Balaban J connectivity index is 1.75. The largest absolute Gasteiger partial charge is 0.504 e. The molecule has 0 radical (unpaired) electrons. The Morgan fingerprint density at radius 3 is 2.35 bits per heavy atom. The van der Waals surface area contributed by atoms with Crippen molar-refractivity contribution in [2.24, 2.45) is 0 Å². The molecule has 0 saturated heterocycles. The molecule has 0 aromatic heterocycles. The van der Waals surface area contributed by atoms with Gasteiger partial charge in [-0.2, -0.15) is 0 Å². The van der Waals surface area contributed by atoms with Gasteiger partial charge in [-0.3, -0.25) is 4.90 Å². The van der Waals surface area contributed by atoms with Crippen molar-refractivity contribution in [2.45, 2.75) is 58.4 Å². The molecule has 0 atom stereocenters. The molecule has 3 nitrogen and oxygen atoms in total. The number of aromatic hydroxyl groups is 2. The standard InChI is InChI=1S/C17H27NO2/c1-2-3-4-5-6-7-9-18-10-8-14-11-16(19)17(20)12-15(14)13-18/h11-12,19-20H,2-10,13H2,1H3. The maximum absolute atomic E-state index is 9.59. The predicted molar refractivity (Wildman–Crippen MR) is 82.1 cm³/mol. The number of rotatable bonds is 7. The van der Waals surface area contributed by atoms with E-state index in [9.17, 15) is 10.2 Å². The number of phenolic OH excluding ortho intramolecular Hbond substituents is 2. The molecule has 2 N–H and O–H groups in total. The van der Waals surface area contributed by atoms with Crippen LogP contribution in [0.15, 0.2) is 12.1 Å². The lowest BCUT2D eigenvalue weighted by molar-refractivity contribution is 0.247. The van der Waals surface area contributed by atoms with Crippen molar-refractivity contribution in [3.05, 3.63) is 23.3 Å². The second-order valence-corrected chi connectivity index (χ2v) is 5.90. The van der Waals surface area contributed by atoms with E-state index in [4.69, 9.17) is 0 Å². The number of nitrogens with zero attached hydrogens (tertiary/aromatic N) is 1. The lowest BCUT2D eigenvalue weighted by Gasteiger charge is -2.29. The first kappa shape index (κ1) is 15.2. The van der Waals surface area contributed by atoms with Crippen LogP contribution in [0.5, 0.6) is 11.5 Å². The first-order chi connectivity index (χ1) is 9.70. The Hall–Kier alpha value is -1.22. The van der Waals surface area contributed by atoms with E-state index in [1.165, 1.54) is 44.1 Å². The Morgan fingerprint density at radius 2 is 1.60 bits per heavy atom. The monoisotopic (exact) mass is 277 g/mol. The molecular formula is C17H27NO2. The van der Waals surface area contributed by atoms with E-state index >= 15 is 0 Å². The smallest absolute Gasteiger partial charge is 0.157 e. The van der Waals surface area contributed by atoms with Crippen LogP contribution in [0.25, 0.3) is 0 Å². The van der Waals surface area contributed by atoms with Gasteiger partial charge in [0.25, 0.3) is 0 Å². The van der Waals surface area contributed by atoms with Crippen LogP contribution >= 0.6 is 0 Å². The van der Waals surface area contributed by atoms with Gasteiger partial charge in [0.05, 0.1) is 0 Å². The minimum atomic E-state index is 0.00478. The molecule has 1 heterocycles. The van der Waals surface area contributed by atoms with Crippen molar-refractivity contribution < 1.29 is 10.2 Å². The molecule has 20 heavy (non-hydrogen) atoms. The first-order valence-electron chi connectivity index (χ1n) is 7.96. The average molecular weight is 277 g/mol. The van der Waals surface area contributed by atoms with Gasteiger partial charge in [0.15, 0.2) is 11.5 Å². The zero-order valence-corrected chi connectivity index (χ0v) is 12.6. The Bertz CT molecular complexity index is 431. The van der Waals surface area contributed by atoms with Crippen molar-refractivity contribution in [3.63, 3.8) is 0 Å². The van der Waals surface area contributed by atoms with Gasteiger partial charge >= 0.3 is 0 Å². The minimum absolute atomic E-state index is 0.00478. The quantitative estimate of drug-likeness (QED) is 0.588. The Morgan fingerprint density at radius 1 is 0.950 bits per heavy atom. The fourth-order valence-corrected chi connectivity index (χ4v) is 2.95. The first-order valence-corrected chi connectivity index (χ1v) is 7.96. The number of unbranched alkanes of at least 4 members (excludes halogenated alkanes) is 5. The number of benzene rings is 1. The third-order valence-corrected chi connectivity index (χ3v) is 4.22. The van der Waals surface area contributed by atoms with E-state index in [0.29, 0.717) is 0 Å². The molecule has 3 heteroatoms. The summed E-state index contributed by atoms with van der Waals surface area (Å²) in [5.74, 6) is 0.0123. The number of hydrogen-bond donors (Lipinski definition) is 2. The molecule has 0 amide bonds. The van der Waals surface area contributed by atoms with Gasteiger partial charge in [0.2, 0.25) is 0 Å². The second kappa shape index (κ2) is 7.53. The molecule has 0 fully saturated rings. The summed E-state index contributed by atoms with van der Waals surface area (Å²) in [6.45, 7) is 5.36. The molecule has 1 aromatic carbocycles. The SMILES string of the molecule is CCCCCCCCN1CCc2cc(O)c(O)cc2C1. The van der Waals surface area contributed by atoms with Gasteiger partial charge in [-0.15, -0.1) is 0 Å². The lowest BCUT2D eigenvalue weighted by atomic mass is 9.98. The summed E-state index contributed by atoms with van der Waals surface area (Å²) in [5.41, 5.74) is 2.34. The highest BCUT2D eigenvalue weighted by molar-refractivity contribution is 5.46. The highest BCUT2D eigenvalue weighted by Gasteiger charge is 2.17. The van der Waals surface area contributed by atoms with Crippen LogP contribution in [0.3, 0.4) is 0 Å². The molecule has 0 saturated carbocycles. The van der Waals surface area contributed by atoms with Gasteiger partial charge in [-0.1, -0.05) is 39.0 Å². The number of phenols is 2. The fourth-order valence-electron chi connectivity index (χ4n) is 2.95. The zero-order valence-electron chi connectivity index (χ0n) is 12.6. The number of hydrogen-bond acceptors (Lipinski definition) is 3. The highest BCUT2D eigenvalue weighted by atomic mass is 16.3. The normalized spacial score (nSPS) is 15.2. The summed E-state index contributed by atoms with van der Waals surface area (Å²) in [6.07, 6.45) is 8.95. The summed E-state index contributed by atoms with van der Waals surface area (Å²) >= 11 is 0. The minimum Gasteiger partial charge on any atom is -0.504 e. The van der Waals surface area contributed by atoms with Crippen LogP contribution in [-0.2, 0) is 13.0 Å². The molecule has 1 aliphatic heterocycles. The van der Waals surface area contributed by atoms with Crippen LogP contribution in [0.4, 0.5) is 0 Å². The Kier molecular flexibility index (Phi) is 5.72. The summed E-state index contributed by atoms with van der Waals surface area (Å²) in [6, 6.07) is 3.44. The van der Waals surface area contributed by atoms with Gasteiger partial charge in [0, 0.05) is 13.1 Å². The molecule has 0 unspecified atom stereocenters. The highest BCUT2D eigenvalue weighted by Crippen LogP contribution is 2.31. The van der Waals surface area contributed by atoms with Crippen molar-refractivity contribution in [1.82, 2.24) is 4.90 Å². The molecule has 0 bridgehead atoms. The topological polar surface area (TPSA) is 43.7 Å². The average Bonchev–Trinajstić information content (AvgIpc) is 2.44. The van der Waals surface area contributed by atoms with E-state index in [2.05, 4.69) is 11.8 Å². The molecule has 1 aliphatic rings. The van der Waals surface area contributed by atoms with E-state index in [0.717, 1.165) is 31.6 Å². The Labute approximate surface area is 122 Å². The van der Waals surface area contributed by atoms with Crippen molar-refractivity contribution in [2.75, 3.05) is 13.1 Å². The molecule has 1 aromatic rings. The van der Waals surface area contributed by atoms with E-state index in [1.54, 1.807) is 12.1 Å². The van der Waals surface area contributed by atoms with Crippen LogP contribution in [0, 0.1) is 0 Å². The van der Waals surface area contributed by atoms with E-state index in [1.807, 2.05) is 0 Å². The van der Waals surface area contributed by atoms with Crippen LogP contribution in [0.1, 0.15) is 56.6 Å². The summed E-state index contributed by atoms with van der Waals surface area (Å²) < 4.78 is 0. The van der Waals surface area contributed by atoms with Crippen LogP contribution in [-0.4, -0.2) is 28.2 Å². The molecule has 2 rings (SSSR count). The molecular weight excluding hydrogens is 250 g/mol. The number of fused-ring (bicyclic) bond motifs is 1. The molecule has 0 aliphatic carbocycles. The lowest BCUT2D eigenvalue weighted by Crippen LogP contribution is -2.31. The van der Waals surface area contributed by atoms with E-state index < -0.39 is 0 Å². The second-order valence-electron chi connectivity index (χ2n) is 5.90. The van der Waals surface area contributed by atoms with Gasteiger partial charge < -0.3 is 10.2 Å². The maximum atomic E-state index is 9.59. The summed E-state index contributed by atoms with van der Waals surface area (Å²) in [4.78, 5) is 2.46. The summed E-state index contributed by atoms with van der Waals surface area (Å²) in [7, 11) is 0. The van der Waals surface area contributed by atoms with Crippen molar-refractivity contribution in [3.8, 4) is 11.5 Å². The summed E-state index contributed by atoms with van der Waals surface area (Å²) in [5, 5.41) is 19.1. The molecule has 112 valence electrons. The molecule has 0 spiro atoms. The van der Waals surface area contributed by atoms with E-state index in [-0.39, 0.29) is 11.5 Å². The third-order valence-electron chi connectivity index (χ3n) is 4.22.